The van der Waals surface area contributed by atoms with Crippen LogP contribution in [-0.2, 0) is 13.0 Å². The molecule has 0 spiro atoms. The van der Waals surface area contributed by atoms with Crippen molar-refractivity contribution in [3.05, 3.63) is 53.3 Å². The fourth-order valence-electron chi connectivity index (χ4n) is 3.11. The Hall–Kier alpha value is -2.01. The summed E-state index contributed by atoms with van der Waals surface area (Å²) >= 11 is 5.97. The average Bonchev–Trinajstić information content (AvgIpc) is 3.08. The molecule has 2 amide bonds. The third-order valence-electron chi connectivity index (χ3n) is 4.49. The summed E-state index contributed by atoms with van der Waals surface area (Å²) < 4.78 is 1.98. The molecule has 128 valence electrons. The zero-order valence-electron chi connectivity index (χ0n) is 13.7. The van der Waals surface area contributed by atoms with E-state index in [4.69, 9.17) is 11.6 Å². The van der Waals surface area contributed by atoms with Crippen LogP contribution in [0.25, 0.3) is 0 Å². The molecule has 1 saturated heterocycles. The van der Waals surface area contributed by atoms with Crippen molar-refractivity contribution in [1.29, 1.82) is 0 Å². The van der Waals surface area contributed by atoms with Gasteiger partial charge in [-0.1, -0.05) is 23.7 Å². The molecule has 0 bridgehead atoms. The largest absolute Gasteiger partial charge is 0.338 e. The van der Waals surface area contributed by atoms with E-state index in [1.165, 1.54) is 0 Å². The van der Waals surface area contributed by atoms with Crippen molar-refractivity contribution in [3.8, 4) is 0 Å². The van der Waals surface area contributed by atoms with E-state index in [2.05, 4.69) is 10.4 Å². The summed E-state index contributed by atoms with van der Waals surface area (Å²) in [5.74, 6) is 0.598. The van der Waals surface area contributed by atoms with Gasteiger partial charge in [-0.2, -0.15) is 5.10 Å². The predicted molar refractivity (Wildman–Crippen MR) is 95.1 cm³/mol. The van der Waals surface area contributed by atoms with Gasteiger partial charge in [0, 0.05) is 43.6 Å². The minimum absolute atomic E-state index is 0.0366. The molecule has 0 atom stereocenters. The molecule has 1 fully saturated rings. The van der Waals surface area contributed by atoms with Gasteiger partial charge in [0.1, 0.15) is 0 Å². The summed E-state index contributed by atoms with van der Waals surface area (Å²) in [6, 6.07) is 9.74. The molecule has 0 radical (unpaired) electrons. The van der Waals surface area contributed by atoms with Crippen LogP contribution in [0.3, 0.4) is 0 Å². The minimum Gasteiger partial charge on any atom is -0.338 e. The third kappa shape index (κ3) is 4.74. The van der Waals surface area contributed by atoms with Crippen LogP contribution in [0.2, 0.25) is 5.02 Å². The monoisotopic (exact) mass is 346 g/mol. The Bertz CT molecular complexity index is 651. The molecule has 0 saturated carbocycles. The molecule has 0 aliphatic carbocycles. The van der Waals surface area contributed by atoms with Gasteiger partial charge in [0.25, 0.3) is 0 Å². The van der Waals surface area contributed by atoms with Crippen LogP contribution < -0.4 is 5.32 Å². The van der Waals surface area contributed by atoms with Gasteiger partial charge < -0.3 is 10.2 Å². The van der Waals surface area contributed by atoms with Crippen LogP contribution in [0, 0.1) is 5.92 Å². The molecule has 0 unspecified atom stereocenters. The van der Waals surface area contributed by atoms with E-state index in [0.717, 1.165) is 49.5 Å². The lowest BCUT2D eigenvalue weighted by atomic mass is 9.97. The molecule has 24 heavy (non-hydrogen) atoms. The second-order valence-electron chi connectivity index (χ2n) is 6.27. The Kier molecular flexibility index (Phi) is 5.75. The van der Waals surface area contributed by atoms with Crippen LogP contribution in [-0.4, -0.2) is 40.3 Å². The molecule has 1 aliphatic heterocycles. The van der Waals surface area contributed by atoms with Gasteiger partial charge in [0.05, 0.1) is 0 Å². The number of halogens is 1. The summed E-state index contributed by atoms with van der Waals surface area (Å²) in [4.78, 5) is 14.2. The predicted octanol–water partition coefficient (Wildman–Crippen LogP) is 3.20. The molecule has 2 heterocycles. The Morgan fingerprint density at radius 3 is 2.83 bits per heavy atom. The second-order valence-corrected chi connectivity index (χ2v) is 6.71. The maximum absolute atomic E-state index is 12.3. The Labute approximate surface area is 147 Å². The lowest BCUT2D eigenvalue weighted by Crippen LogP contribution is -2.45. The molecule has 1 aromatic heterocycles. The molecule has 1 aromatic carbocycles. The molecular weight excluding hydrogens is 324 g/mol. The lowest BCUT2D eigenvalue weighted by Gasteiger charge is -2.32. The highest BCUT2D eigenvalue weighted by Crippen LogP contribution is 2.18. The number of hydrogen-bond donors (Lipinski definition) is 1. The summed E-state index contributed by atoms with van der Waals surface area (Å²) in [5.41, 5.74) is 1.14. The Morgan fingerprint density at radius 2 is 2.12 bits per heavy atom. The second kappa shape index (κ2) is 8.20. The highest BCUT2D eigenvalue weighted by atomic mass is 35.5. The number of urea groups is 1. The number of amides is 2. The van der Waals surface area contributed by atoms with E-state index in [1.54, 1.807) is 0 Å². The highest BCUT2D eigenvalue weighted by Gasteiger charge is 2.22. The van der Waals surface area contributed by atoms with E-state index in [9.17, 15) is 4.79 Å². The number of rotatable bonds is 5. The lowest BCUT2D eigenvalue weighted by molar-refractivity contribution is 0.164. The number of likely N-dealkylation sites (tertiary alicyclic amines) is 1. The molecule has 2 aromatic rings. The summed E-state index contributed by atoms with van der Waals surface area (Å²) in [7, 11) is 0. The first-order valence-electron chi connectivity index (χ1n) is 8.45. The zero-order valence-corrected chi connectivity index (χ0v) is 14.5. The van der Waals surface area contributed by atoms with Gasteiger partial charge >= 0.3 is 6.03 Å². The molecule has 6 heteroatoms. The number of hydrogen-bond acceptors (Lipinski definition) is 2. The average molecular weight is 347 g/mol. The minimum atomic E-state index is 0.0366. The maximum Gasteiger partial charge on any atom is 0.317 e. The van der Waals surface area contributed by atoms with Crippen LogP contribution in [0.1, 0.15) is 18.4 Å². The number of nitrogens with zero attached hydrogens (tertiary/aromatic N) is 3. The number of benzene rings is 1. The maximum atomic E-state index is 12.3. The fraction of sp³-hybridized carbons (Fsp3) is 0.444. The van der Waals surface area contributed by atoms with E-state index in [-0.39, 0.29) is 6.03 Å². The van der Waals surface area contributed by atoms with Crippen molar-refractivity contribution in [2.24, 2.45) is 5.92 Å². The van der Waals surface area contributed by atoms with Gasteiger partial charge in [-0.3, -0.25) is 4.68 Å². The third-order valence-corrected chi connectivity index (χ3v) is 4.72. The quantitative estimate of drug-likeness (QED) is 0.903. The fourth-order valence-corrected chi connectivity index (χ4v) is 3.32. The van der Waals surface area contributed by atoms with Gasteiger partial charge in [-0.05, 0) is 48.9 Å². The Morgan fingerprint density at radius 1 is 1.29 bits per heavy atom. The van der Waals surface area contributed by atoms with Crippen LogP contribution >= 0.6 is 11.6 Å². The standard InChI is InChI=1S/C18H23ClN4O/c19-17-4-1-3-15(13-17)5-9-20-18(24)22-11-6-16(7-12-22)14-23-10-2-8-21-23/h1-4,8,10,13,16H,5-7,9,11-12,14H2,(H,20,24). The number of piperidine rings is 1. The molecular formula is C18H23ClN4O. The van der Waals surface area contributed by atoms with Crippen molar-refractivity contribution in [2.45, 2.75) is 25.8 Å². The van der Waals surface area contributed by atoms with Crippen molar-refractivity contribution < 1.29 is 4.79 Å². The summed E-state index contributed by atoms with van der Waals surface area (Å²) in [5, 5.41) is 8.00. The SMILES string of the molecule is O=C(NCCc1cccc(Cl)c1)N1CCC(Cn2cccn2)CC1. The first-order valence-corrected chi connectivity index (χ1v) is 8.83. The van der Waals surface area contributed by atoms with E-state index >= 15 is 0 Å². The molecule has 5 nitrogen and oxygen atoms in total. The van der Waals surface area contributed by atoms with Gasteiger partial charge in [0.15, 0.2) is 0 Å². The highest BCUT2D eigenvalue weighted by molar-refractivity contribution is 6.30. The number of carbonyl (C=O) groups excluding carboxylic acids is 1. The normalized spacial score (nSPS) is 15.5. The van der Waals surface area contributed by atoms with E-state index < -0.39 is 0 Å². The first kappa shape index (κ1) is 16.8. The number of nitrogens with one attached hydrogen (secondary N) is 1. The van der Waals surface area contributed by atoms with Crippen molar-refractivity contribution in [2.75, 3.05) is 19.6 Å². The van der Waals surface area contributed by atoms with Crippen molar-refractivity contribution >= 4 is 17.6 Å². The smallest absolute Gasteiger partial charge is 0.317 e. The van der Waals surface area contributed by atoms with Crippen LogP contribution in [0.4, 0.5) is 4.79 Å². The topological polar surface area (TPSA) is 50.2 Å². The van der Waals surface area contributed by atoms with E-state index in [1.807, 2.05) is 52.3 Å². The summed E-state index contributed by atoms with van der Waals surface area (Å²) in [6.45, 7) is 3.20. The van der Waals surface area contributed by atoms with Gasteiger partial charge in [-0.15, -0.1) is 0 Å². The van der Waals surface area contributed by atoms with Crippen molar-refractivity contribution in [1.82, 2.24) is 20.0 Å². The van der Waals surface area contributed by atoms with Crippen LogP contribution in [0.15, 0.2) is 42.7 Å². The van der Waals surface area contributed by atoms with Gasteiger partial charge in [0.2, 0.25) is 0 Å². The number of aromatic nitrogens is 2. The Balaban J connectivity index is 1.37. The molecule has 1 N–H and O–H groups in total. The number of carbonyl (C=O) groups is 1. The van der Waals surface area contributed by atoms with Crippen LogP contribution in [0.5, 0.6) is 0 Å². The molecule has 1 aliphatic rings. The first-order chi connectivity index (χ1) is 11.7. The van der Waals surface area contributed by atoms with Gasteiger partial charge in [-0.25, -0.2) is 4.79 Å². The summed E-state index contributed by atoms with van der Waals surface area (Å²) in [6.07, 6.45) is 6.66. The molecule has 3 rings (SSSR count). The zero-order chi connectivity index (χ0) is 16.8. The van der Waals surface area contributed by atoms with E-state index in [0.29, 0.717) is 12.5 Å². The van der Waals surface area contributed by atoms with Crippen molar-refractivity contribution in [3.63, 3.8) is 0 Å².